The zero-order valence-electron chi connectivity index (χ0n) is 10.3. The molecule has 1 nitrogen and oxygen atoms in total. The Balaban J connectivity index is 1.98. The van der Waals surface area contributed by atoms with Gasteiger partial charge in [-0.05, 0) is 53.5 Å². The molecule has 0 aliphatic carbocycles. The minimum absolute atomic E-state index is 0.141. The first-order chi connectivity index (χ1) is 8.56. The van der Waals surface area contributed by atoms with E-state index in [2.05, 4.69) is 34.2 Å². The van der Waals surface area contributed by atoms with Crippen molar-refractivity contribution in [2.75, 3.05) is 0 Å². The number of hydrogen-bond acceptors (Lipinski definition) is 2. The van der Waals surface area contributed by atoms with Crippen LogP contribution >= 0.6 is 27.3 Å². The Morgan fingerprint density at radius 1 is 1.39 bits per heavy atom. The minimum atomic E-state index is -0.184. The quantitative estimate of drug-likeness (QED) is 0.849. The molecule has 18 heavy (non-hydrogen) atoms. The van der Waals surface area contributed by atoms with Gasteiger partial charge in [-0.15, -0.1) is 11.3 Å². The summed E-state index contributed by atoms with van der Waals surface area (Å²) in [6.07, 6.45) is 0. The van der Waals surface area contributed by atoms with E-state index in [0.717, 1.165) is 16.6 Å². The zero-order chi connectivity index (χ0) is 13.1. The summed E-state index contributed by atoms with van der Waals surface area (Å²) in [4.78, 5) is 2.56. The third-order valence-electron chi connectivity index (χ3n) is 2.84. The highest BCUT2D eigenvalue weighted by molar-refractivity contribution is 9.10. The smallest absolute Gasteiger partial charge is 0.123 e. The van der Waals surface area contributed by atoms with E-state index in [0.29, 0.717) is 0 Å². The molecule has 4 heteroatoms. The second-order valence-corrected chi connectivity index (χ2v) is 6.47. The predicted molar refractivity (Wildman–Crippen MR) is 78.4 cm³/mol. The maximum absolute atomic E-state index is 13.1. The average Bonchev–Trinajstić information content (AvgIpc) is 2.66. The van der Waals surface area contributed by atoms with Crippen LogP contribution in [-0.4, -0.2) is 0 Å². The van der Waals surface area contributed by atoms with Crippen molar-refractivity contribution in [2.45, 2.75) is 26.4 Å². The van der Waals surface area contributed by atoms with E-state index < -0.39 is 0 Å². The molecule has 96 valence electrons. The fourth-order valence-electron chi connectivity index (χ4n) is 1.75. The summed E-state index contributed by atoms with van der Waals surface area (Å²) in [6, 6.07) is 9.00. The summed E-state index contributed by atoms with van der Waals surface area (Å²) in [5.41, 5.74) is 0.974. The van der Waals surface area contributed by atoms with Crippen LogP contribution in [0.3, 0.4) is 0 Å². The van der Waals surface area contributed by atoms with Crippen LogP contribution in [0.1, 0.15) is 28.3 Å². The van der Waals surface area contributed by atoms with E-state index in [4.69, 9.17) is 0 Å². The Morgan fingerprint density at radius 3 is 2.78 bits per heavy atom. The first-order valence-electron chi connectivity index (χ1n) is 5.80. The van der Waals surface area contributed by atoms with Gasteiger partial charge in [-0.1, -0.05) is 12.1 Å². The van der Waals surface area contributed by atoms with Gasteiger partial charge in [0.15, 0.2) is 0 Å². The van der Waals surface area contributed by atoms with Gasteiger partial charge in [0.25, 0.3) is 0 Å². The van der Waals surface area contributed by atoms with Crippen molar-refractivity contribution in [2.24, 2.45) is 0 Å². The summed E-state index contributed by atoms with van der Waals surface area (Å²) in [5, 5.41) is 3.41. The van der Waals surface area contributed by atoms with Crippen molar-refractivity contribution in [1.82, 2.24) is 5.32 Å². The van der Waals surface area contributed by atoms with Crippen LogP contribution in [0.5, 0.6) is 0 Å². The van der Waals surface area contributed by atoms with Crippen molar-refractivity contribution >= 4 is 27.3 Å². The van der Waals surface area contributed by atoms with E-state index in [1.165, 1.54) is 15.8 Å². The molecular formula is C14H15BrFNS. The lowest BCUT2D eigenvalue weighted by molar-refractivity contribution is 0.568. The highest BCUT2D eigenvalue weighted by Crippen LogP contribution is 2.26. The molecule has 0 aliphatic rings. The van der Waals surface area contributed by atoms with Crippen LogP contribution in [0, 0.1) is 12.7 Å². The lowest BCUT2D eigenvalue weighted by Gasteiger charge is -2.13. The molecular weight excluding hydrogens is 313 g/mol. The molecule has 0 fully saturated rings. The molecule has 0 saturated heterocycles. The number of thiophene rings is 1. The molecule has 1 aromatic carbocycles. The maximum Gasteiger partial charge on any atom is 0.123 e. The van der Waals surface area contributed by atoms with Crippen molar-refractivity contribution in [3.63, 3.8) is 0 Å². The Kier molecular flexibility index (Phi) is 4.54. The molecule has 1 heterocycles. The van der Waals surface area contributed by atoms with E-state index in [1.54, 1.807) is 23.5 Å². The fraction of sp³-hybridized carbons (Fsp3) is 0.286. The van der Waals surface area contributed by atoms with E-state index >= 15 is 0 Å². The van der Waals surface area contributed by atoms with E-state index in [9.17, 15) is 4.39 Å². The highest BCUT2D eigenvalue weighted by atomic mass is 79.9. The highest BCUT2D eigenvalue weighted by Gasteiger charge is 2.07. The second-order valence-electron chi connectivity index (χ2n) is 4.27. The maximum atomic E-state index is 13.1. The summed E-state index contributed by atoms with van der Waals surface area (Å²) in [6.45, 7) is 4.94. The van der Waals surface area contributed by atoms with Crippen molar-refractivity contribution < 1.29 is 4.39 Å². The minimum Gasteiger partial charge on any atom is -0.305 e. The Morgan fingerprint density at radius 2 is 2.17 bits per heavy atom. The van der Waals surface area contributed by atoms with Crippen molar-refractivity contribution in [1.29, 1.82) is 0 Å². The number of hydrogen-bond donors (Lipinski definition) is 1. The Labute approximate surface area is 119 Å². The molecule has 1 aromatic heterocycles. The van der Waals surface area contributed by atoms with Gasteiger partial charge in [0, 0.05) is 26.8 Å². The second kappa shape index (κ2) is 5.95. The van der Waals surface area contributed by atoms with Gasteiger partial charge in [0.05, 0.1) is 0 Å². The van der Waals surface area contributed by atoms with Crippen LogP contribution in [0.2, 0.25) is 0 Å². The van der Waals surface area contributed by atoms with Crippen LogP contribution in [0.4, 0.5) is 4.39 Å². The van der Waals surface area contributed by atoms with E-state index in [1.807, 2.05) is 13.0 Å². The van der Waals surface area contributed by atoms with Gasteiger partial charge in [-0.2, -0.15) is 0 Å². The standard InChI is InChI=1S/C14H15BrFNS/c1-9(11-4-3-5-12(16)6-11)17-8-13-7-14(15)10(2)18-13/h3-7,9,17H,8H2,1-2H3/t9-/m0/s1. The van der Waals surface area contributed by atoms with Gasteiger partial charge < -0.3 is 5.32 Å². The van der Waals surface area contributed by atoms with Crippen molar-refractivity contribution in [3.8, 4) is 0 Å². The molecule has 0 spiro atoms. The summed E-state index contributed by atoms with van der Waals surface area (Å²) in [5.74, 6) is -0.184. The summed E-state index contributed by atoms with van der Waals surface area (Å²) < 4.78 is 14.3. The van der Waals surface area contributed by atoms with Gasteiger partial charge in [-0.3, -0.25) is 0 Å². The van der Waals surface area contributed by atoms with Crippen LogP contribution < -0.4 is 5.32 Å². The molecule has 0 bridgehead atoms. The number of nitrogens with one attached hydrogen (secondary N) is 1. The average molecular weight is 328 g/mol. The normalized spacial score (nSPS) is 12.7. The van der Waals surface area contributed by atoms with Gasteiger partial charge in [0.1, 0.15) is 5.82 Å². The third-order valence-corrected chi connectivity index (χ3v) is 4.98. The monoisotopic (exact) mass is 327 g/mol. The number of benzene rings is 1. The zero-order valence-corrected chi connectivity index (χ0v) is 12.7. The largest absolute Gasteiger partial charge is 0.305 e. The van der Waals surface area contributed by atoms with Gasteiger partial charge in [0.2, 0.25) is 0 Å². The van der Waals surface area contributed by atoms with Crippen LogP contribution in [-0.2, 0) is 6.54 Å². The number of rotatable bonds is 4. The molecule has 2 aromatic rings. The molecule has 0 saturated carbocycles. The SMILES string of the molecule is Cc1sc(CN[C@@H](C)c2cccc(F)c2)cc1Br. The summed E-state index contributed by atoms with van der Waals surface area (Å²) in [7, 11) is 0. The van der Waals surface area contributed by atoms with Gasteiger partial charge >= 0.3 is 0 Å². The first-order valence-corrected chi connectivity index (χ1v) is 7.41. The first kappa shape index (κ1) is 13.7. The fourth-order valence-corrected chi connectivity index (χ4v) is 3.31. The number of aryl methyl sites for hydroxylation is 1. The van der Waals surface area contributed by atoms with Gasteiger partial charge in [-0.25, -0.2) is 4.39 Å². The third kappa shape index (κ3) is 3.40. The lowest BCUT2D eigenvalue weighted by Crippen LogP contribution is -2.17. The molecule has 0 amide bonds. The predicted octanol–water partition coefficient (Wildman–Crippen LogP) is 4.81. The van der Waals surface area contributed by atoms with Crippen molar-refractivity contribution in [3.05, 3.63) is 55.9 Å². The molecule has 1 N–H and O–H groups in total. The Bertz CT molecular complexity index is 519. The topological polar surface area (TPSA) is 12.0 Å². The summed E-state index contributed by atoms with van der Waals surface area (Å²) >= 11 is 5.28. The Hall–Kier alpha value is -0.710. The molecule has 0 radical (unpaired) electrons. The lowest BCUT2D eigenvalue weighted by atomic mass is 10.1. The number of halogens is 2. The molecule has 0 unspecified atom stereocenters. The van der Waals surface area contributed by atoms with E-state index in [-0.39, 0.29) is 11.9 Å². The van der Waals surface area contributed by atoms with Crippen LogP contribution in [0.15, 0.2) is 34.8 Å². The molecule has 0 aliphatic heterocycles. The van der Waals surface area contributed by atoms with Crippen LogP contribution in [0.25, 0.3) is 0 Å². The molecule has 1 atom stereocenters. The molecule has 2 rings (SSSR count).